The van der Waals surface area contributed by atoms with Gasteiger partial charge in [0, 0.05) is 28.8 Å². The van der Waals surface area contributed by atoms with Gasteiger partial charge in [0.2, 0.25) is 5.91 Å². The number of rotatable bonds is 4. The molecule has 0 bridgehead atoms. The Hall–Kier alpha value is -1.99. The first-order valence-electron chi connectivity index (χ1n) is 10.7. The fourth-order valence-corrected chi connectivity index (χ4v) is 6.72. The molecule has 7 heteroatoms. The molecule has 0 aromatic carbocycles. The topological polar surface area (TPSA) is 58.1 Å². The first-order valence-corrected chi connectivity index (χ1v) is 12.3. The van der Waals surface area contributed by atoms with Gasteiger partial charge in [-0.05, 0) is 67.5 Å². The van der Waals surface area contributed by atoms with Crippen LogP contribution in [-0.4, -0.2) is 33.9 Å². The number of carbonyl (C=O) groups is 1. The highest BCUT2D eigenvalue weighted by atomic mass is 32.1. The van der Waals surface area contributed by atoms with E-state index in [1.807, 2.05) is 16.2 Å². The van der Waals surface area contributed by atoms with Gasteiger partial charge in [0.15, 0.2) is 0 Å². The van der Waals surface area contributed by atoms with Crippen LogP contribution < -0.4 is 5.32 Å². The molecular formula is C22H24N4OS2. The van der Waals surface area contributed by atoms with E-state index < -0.39 is 0 Å². The van der Waals surface area contributed by atoms with Crippen LogP contribution in [0, 0.1) is 0 Å². The maximum atomic E-state index is 12.9. The summed E-state index contributed by atoms with van der Waals surface area (Å²) in [6.07, 6.45) is 8.11. The second-order valence-electron chi connectivity index (χ2n) is 8.38. The number of hydrogen-bond donors (Lipinski definition) is 1. The summed E-state index contributed by atoms with van der Waals surface area (Å²) < 4.78 is 0. The van der Waals surface area contributed by atoms with Gasteiger partial charge in [-0.15, -0.1) is 22.7 Å². The SMILES string of the molecule is O=C(CNc1nc(C2CC2)nc2sc3c(c12)CCCC3)N1CCc2sccc2C1. The van der Waals surface area contributed by atoms with Crippen LogP contribution in [0.3, 0.4) is 0 Å². The Morgan fingerprint density at radius 3 is 2.97 bits per heavy atom. The molecule has 0 saturated heterocycles. The molecule has 3 aromatic rings. The molecule has 4 heterocycles. The molecule has 1 fully saturated rings. The summed E-state index contributed by atoms with van der Waals surface area (Å²) in [6, 6.07) is 2.15. The number of nitrogens with zero attached hydrogens (tertiary/aromatic N) is 3. The molecular weight excluding hydrogens is 400 g/mol. The number of thiophene rings is 2. The Kier molecular flexibility index (Phi) is 4.34. The van der Waals surface area contributed by atoms with Crippen molar-refractivity contribution in [2.75, 3.05) is 18.4 Å². The summed E-state index contributed by atoms with van der Waals surface area (Å²) in [7, 11) is 0. The molecule has 1 amide bonds. The van der Waals surface area contributed by atoms with Gasteiger partial charge in [0.25, 0.3) is 0 Å². The summed E-state index contributed by atoms with van der Waals surface area (Å²) in [6.45, 7) is 1.86. The summed E-state index contributed by atoms with van der Waals surface area (Å²) in [5, 5.41) is 6.74. The number of amides is 1. The molecule has 1 N–H and O–H groups in total. The molecule has 1 aliphatic heterocycles. The van der Waals surface area contributed by atoms with Crippen LogP contribution in [0.5, 0.6) is 0 Å². The van der Waals surface area contributed by atoms with E-state index in [0.717, 1.165) is 48.8 Å². The molecule has 0 radical (unpaired) electrons. The Bertz CT molecular complexity index is 1100. The third-order valence-electron chi connectivity index (χ3n) is 6.34. The van der Waals surface area contributed by atoms with Crippen LogP contribution in [0.4, 0.5) is 5.82 Å². The highest BCUT2D eigenvalue weighted by Crippen LogP contribution is 2.43. The van der Waals surface area contributed by atoms with Crippen LogP contribution in [0.2, 0.25) is 0 Å². The minimum absolute atomic E-state index is 0.158. The molecule has 0 atom stereocenters. The lowest BCUT2D eigenvalue weighted by atomic mass is 9.97. The highest BCUT2D eigenvalue weighted by Gasteiger charge is 2.30. The number of carbonyl (C=O) groups excluding carboxylic acids is 1. The van der Waals surface area contributed by atoms with Crippen molar-refractivity contribution >= 4 is 44.6 Å². The maximum Gasteiger partial charge on any atom is 0.242 e. The number of nitrogens with one attached hydrogen (secondary N) is 1. The number of hydrogen-bond acceptors (Lipinski definition) is 6. The quantitative estimate of drug-likeness (QED) is 0.670. The summed E-state index contributed by atoms with van der Waals surface area (Å²) in [5.74, 6) is 2.52. The first kappa shape index (κ1) is 17.8. The van der Waals surface area contributed by atoms with Crippen LogP contribution >= 0.6 is 22.7 Å². The number of aryl methyl sites for hydroxylation is 2. The van der Waals surface area contributed by atoms with Crippen LogP contribution in [0.15, 0.2) is 11.4 Å². The second kappa shape index (κ2) is 7.06. The van der Waals surface area contributed by atoms with Gasteiger partial charge in [-0.25, -0.2) is 9.97 Å². The Labute approximate surface area is 178 Å². The van der Waals surface area contributed by atoms with Crippen molar-refractivity contribution in [2.24, 2.45) is 0 Å². The van der Waals surface area contributed by atoms with Crippen LogP contribution in [0.1, 0.15) is 58.3 Å². The normalized spacial score (nSPS) is 18.6. The van der Waals surface area contributed by atoms with E-state index in [-0.39, 0.29) is 5.91 Å². The minimum Gasteiger partial charge on any atom is -0.360 e. The molecule has 150 valence electrons. The summed E-state index contributed by atoms with van der Waals surface area (Å²) in [5.41, 5.74) is 2.73. The minimum atomic E-state index is 0.158. The van der Waals surface area contributed by atoms with E-state index in [2.05, 4.69) is 16.8 Å². The monoisotopic (exact) mass is 424 g/mol. The maximum absolute atomic E-state index is 12.9. The molecule has 3 aromatic heterocycles. The lowest BCUT2D eigenvalue weighted by molar-refractivity contribution is -0.130. The van der Waals surface area contributed by atoms with Gasteiger partial charge in [-0.1, -0.05) is 0 Å². The average molecular weight is 425 g/mol. The van der Waals surface area contributed by atoms with E-state index in [0.29, 0.717) is 12.5 Å². The molecule has 5 nitrogen and oxygen atoms in total. The van der Waals surface area contributed by atoms with E-state index in [1.165, 1.54) is 52.0 Å². The smallest absolute Gasteiger partial charge is 0.242 e. The van der Waals surface area contributed by atoms with Crippen molar-refractivity contribution in [3.63, 3.8) is 0 Å². The van der Waals surface area contributed by atoms with Crippen LogP contribution in [-0.2, 0) is 30.6 Å². The van der Waals surface area contributed by atoms with E-state index >= 15 is 0 Å². The number of aromatic nitrogens is 2. The lowest BCUT2D eigenvalue weighted by Crippen LogP contribution is -2.38. The predicted octanol–water partition coefficient (Wildman–Crippen LogP) is 4.51. The average Bonchev–Trinajstić information content (AvgIpc) is 3.37. The van der Waals surface area contributed by atoms with E-state index in [4.69, 9.17) is 9.97 Å². The number of anilines is 1. The molecule has 0 unspecified atom stereocenters. The van der Waals surface area contributed by atoms with Crippen molar-refractivity contribution in [3.8, 4) is 0 Å². The van der Waals surface area contributed by atoms with Crippen LogP contribution in [0.25, 0.3) is 10.2 Å². The molecule has 3 aliphatic rings. The zero-order valence-electron chi connectivity index (χ0n) is 16.4. The zero-order chi connectivity index (χ0) is 19.4. The van der Waals surface area contributed by atoms with Gasteiger partial charge in [-0.3, -0.25) is 4.79 Å². The van der Waals surface area contributed by atoms with Gasteiger partial charge in [0.05, 0.1) is 11.9 Å². The second-order valence-corrected chi connectivity index (χ2v) is 10.5. The molecule has 1 saturated carbocycles. The van der Waals surface area contributed by atoms with E-state index in [1.54, 1.807) is 11.3 Å². The summed E-state index contributed by atoms with van der Waals surface area (Å²) >= 11 is 3.65. The highest BCUT2D eigenvalue weighted by molar-refractivity contribution is 7.19. The molecule has 6 rings (SSSR count). The van der Waals surface area contributed by atoms with Crippen molar-refractivity contribution in [1.29, 1.82) is 0 Å². The Morgan fingerprint density at radius 1 is 1.17 bits per heavy atom. The Balaban J connectivity index is 1.27. The van der Waals surface area contributed by atoms with Gasteiger partial charge < -0.3 is 10.2 Å². The first-order chi connectivity index (χ1) is 14.3. The molecule has 29 heavy (non-hydrogen) atoms. The van der Waals surface area contributed by atoms with Gasteiger partial charge in [-0.2, -0.15) is 0 Å². The lowest BCUT2D eigenvalue weighted by Gasteiger charge is -2.27. The fraction of sp³-hybridized carbons (Fsp3) is 0.500. The Morgan fingerprint density at radius 2 is 2.07 bits per heavy atom. The number of fused-ring (bicyclic) bond motifs is 4. The third-order valence-corrected chi connectivity index (χ3v) is 8.55. The summed E-state index contributed by atoms with van der Waals surface area (Å²) in [4.78, 5) is 28.7. The standard InChI is InChI=1S/C22H24N4OS2/c27-18(26-9-7-16-14(12-26)8-10-28-16)11-23-21-19-15-3-1-2-4-17(15)29-22(19)25-20(24-21)13-5-6-13/h8,10,13H,1-7,9,11-12H2,(H,23,24,25). The van der Waals surface area contributed by atoms with Crippen molar-refractivity contribution < 1.29 is 4.79 Å². The van der Waals surface area contributed by atoms with Gasteiger partial charge in [0.1, 0.15) is 16.5 Å². The molecule has 0 spiro atoms. The van der Waals surface area contributed by atoms with Crippen molar-refractivity contribution in [2.45, 2.75) is 57.4 Å². The molecule has 2 aliphatic carbocycles. The van der Waals surface area contributed by atoms with E-state index in [9.17, 15) is 4.79 Å². The van der Waals surface area contributed by atoms with Gasteiger partial charge >= 0.3 is 0 Å². The zero-order valence-corrected chi connectivity index (χ0v) is 18.0. The fourth-order valence-electron chi connectivity index (χ4n) is 4.56. The predicted molar refractivity (Wildman–Crippen MR) is 118 cm³/mol. The third kappa shape index (κ3) is 3.24. The van der Waals surface area contributed by atoms with Crippen molar-refractivity contribution in [1.82, 2.24) is 14.9 Å². The van der Waals surface area contributed by atoms with Crippen molar-refractivity contribution in [3.05, 3.63) is 38.2 Å². The largest absolute Gasteiger partial charge is 0.360 e.